The number of hydrogen-bond acceptors (Lipinski definition) is 4. The van der Waals surface area contributed by atoms with Gasteiger partial charge in [0, 0.05) is 26.7 Å². The van der Waals surface area contributed by atoms with Crippen molar-refractivity contribution in [3.05, 3.63) is 53.9 Å². The van der Waals surface area contributed by atoms with Crippen molar-refractivity contribution in [2.75, 3.05) is 39.9 Å². The van der Waals surface area contributed by atoms with Crippen molar-refractivity contribution in [1.82, 2.24) is 19.8 Å². The largest absolute Gasteiger partial charge is 0.380 e. The van der Waals surface area contributed by atoms with Crippen LogP contribution in [0.15, 0.2) is 48.1 Å². The van der Waals surface area contributed by atoms with Crippen molar-refractivity contribution in [1.29, 1.82) is 0 Å². The smallest absolute Gasteiger partial charge is 0.124 e. The highest BCUT2D eigenvalue weighted by molar-refractivity contribution is 5.76. The van der Waals surface area contributed by atoms with Crippen LogP contribution in [0.2, 0.25) is 0 Å². The molecule has 0 radical (unpaired) electrons. The Labute approximate surface area is 162 Å². The van der Waals surface area contributed by atoms with Gasteiger partial charge in [0.15, 0.2) is 0 Å². The second-order valence-corrected chi connectivity index (χ2v) is 7.08. The van der Waals surface area contributed by atoms with Gasteiger partial charge >= 0.3 is 0 Å². The van der Waals surface area contributed by atoms with Gasteiger partial charge in [0.05, 0.1) is 24.2 Å². The average Bonchev–Trinajstić information content (AvgIpc) is 2.83. The van der Waals surface area contributed by atoms with Gasteiger partial charge in [-0.3, -0.25) is 4.90 Å². The molecule has 1 N–H and O–H groups in total. The molecule has 27 heavy (non-hydrogen) atoms. The highest BCUT2D eigenvalue weighted by Gasteiger charge is 2.16. The molecule has 1 saturated heterocycles. The first-order valence-electron chi connectivity index (χ1n) is 10.0. The number of hydrogen-bond donors (Lipinski definition) is 1. The van der Waals surface area contributed by atoms with Crippen LogP contribution in [0.3, 0.4) is 0 Å². The zero-order valence-corrected chi connectivity index (χ0v) is 16.7. The Bertz CT molecular complexity index is 770. The number of methoxy groups -OCH3 is 1. The molecule has 2 aromatic rings. The summed E-state index contributed by atoms with van der Waals surface area (Å²) in [6.45, 7) is 8.84. The molecule has 0 aliphatic carbocycles. The lowest BCUT2D eigenvalue weighted by atomic mass is 10.2. The van der Waals surface area contributed by atoms with Crippen LogP contribution in [0.1, 0.15) is 25.6 Å². The molecule has 3 rings (SSSR count). The fourth-order valence-corrected chi connectivity index (χ4v) is 3.56. The molecule has 1 aromatic heterocycles. The van der Waals surface area contributed by atoms with Gasteiger partial charge in [0.25, 0.3) is 0 Å². The molecule has 0 spiro atoms. The molecule has 0 saturated carbocycles. The van der Waals surface area contributed by atoms with E-state index in [1.54, 1.807) is 7.11 Å². The Kier molecular flexibility index (Phi) is 7.63. The van der Waals surface area contributed by atoms with E-state index < -0.39 is 0 Å². The maximum atomic E-state index is 5.45. The van der Waals surface area contributed by atoms with Crippen LogP contribution in [0.5, 0.6) is 0 Å². The summed E-state index contributed by atoms with van der Waals surface area (Å²) in [5.74, 6) is 1.14. The van der Waals surface area contributed by atoms with Crippen LogP contribution in [-0.2, 0) is 17.8 Å². The van der Waals surface area contributed by atoms with Crippen LogP contribution in [-0.4, -0.2) is 54.3 Å². The van der Waals surface area contributed by atoms with Crippen molar-refractivity contribution < 1.29 is 4.74 Å². The summed E-state index contributed by atoms with van der Waals surface area (Å²) in [4.78, 5) is 7.47. The van der Waals surface area contributed by atoms with Gasteiger partial charge in [-0.2, -0.15) is 0 Å². The monoisotopic (exact) mass is 368 g/mol. The molecule has 1 aromatic carbocycles. The van der Waals surface area contributed by atoms with E-state index in [9.17, 15) is 0 Å². The molecule has 0 atom stereocenters. The van der Waals surface area contributed by atoms with Crippen LogP contribution in [0, 0.1) is 0 Å². The van der Waals surface area contributed by atoms with Crippen molar-refractivity contribution in [3.8, 4) is 0 Å². The molecule has 2 heterocycles. The number of nitrogens with one attached hydrogen (secondary N) is 1. The van der Waals surface area contributed by atoms with Crippen LogP contribution >= 0.6 is 0 Å². The molecule has 1 fully saturated rings. The number of fused-ring (bicyclic) bond motifs is 1. The first kappa shape index (κ1) is 19.8. The van der Waals surface area contributed by atoms with Crippen LogP contribution < -0.4 is 5.32 Å². The molecule has 5 heteroatoms. The SMILES string of the molecule is CC/C=C\C=C(/COC)Cn1c(CN2CCCNCC2)nc2ccccc21. The van der Waals surface area contributed by atoms with E-state index in [1.165, 1.54) is 17.5 Å². The number of nitrogens with zero attached hydrogens (tertiary/aromatic N) is 3. The Morgan fingerprint density at radius 3 is 3.00 bits per heavy atom. The van der Waals surface area contributed by atoms with Gasteiger partial charge < -0.3 is 14.6 Å². The molecular formula is C22H32N4O. The molecule has 0 unspecified atom stereocenters. The van der Waals surface area contributed by atoms with Crippen LogP contribution in [0.25, 0.3) is 11.0 Å². The van der Waals surface area contributed by atoms with E-state index in [1.807, 2.05) is 0 Å². The van der Waals surface area contributed by atoms with Gasteiger partial charge in [-0.05, 0) is 43.6 Å². The van der Waals surface area contributed by atoms with E-state index in [-0.39, 0.29) is 0 Å². The summed E-state index contributed by atoms with van der Waals surface area (Å²) in [6.07, 6.45) is 8.72. The summed E-state index contributed by atoms with van der Waals surface area (Å²) >= 11 is 0. The number of para-hydroxylation sites is 2. The minimum atomic E-state index is 0.633. The third-order valence-corrected chi connectivity index (χ3v) is 4.93. The summed E-state index contributed by atoms with van der Waals surface area (Å²) in [6, 6.07) is 8.43. The number of allylic oxidation sites excluding steroid dienone is 3. The number of benzene rings is 1. The summed E-state index contributed by atoms with van der Waals surface area (Å²) in [5.41, 5.74) is 3.52. The zero-order valence-electron chi connectivity index (χ0n) is 16.7. The fourth-order valence-electron chi connectivity index (χ4n) is 3.56. The Balaban J connectivity index is 1.89. The van der Waals surface area contributed by atoms with Gasteiger partial charge in [0.1, 0.15) is 5.82 Å². The Morgan fingerprint density at radius 1 is 1.26 bits per heavy atom. The second-order valence-electron chi connectivity index (χ2n) is 7.08. The number of imidazole rings is 1. The first-order chi connectivity index (χ1) is 13.3. The topological polar surface area (TPSA) is 42.3 Å². The second kappa shape index (κ2) is 10.4. The zero-order chi connectivity index (χ0) is 18.9. The van der Waals surface area contributed by atoms with Crippen molar-refractivity contribution in [2.45, 2.75) is 32.9 Å². The van der Waals surface area contributed by atoms with Crippen molar-refractivity contribution in [2.24, 2.45) is 0 Å². The molecule has 1 aliphatic heterocycles. The Hall–Kier alpha value is -1.95. The third-order valence-electron chi connectivity index (χ3n) is 4.93. The first-order valence-corrected chi connectivity index (χ1v) is 10.0. The van der Waals surface area contributed by atoms with Gasteiger partial charge in [0.2, 0.25) is 0 Å². The van der Waals surface area contributed by atoms with Gasteiger partial charge in [-0.1, -0.05) is 37.3 Å². The fraction of sp³-hybridized carbons (Fsp3) is 0.500. The van der Waals surface area contributed by atoms with Crippen molar-refractivity contribution >= 4 is 11.0 Å². The summed E-state index contributed by atoms with van der Waals surface area (Å²) in [7, 11) is 1.76. The lowest BCUT2D eigenvalue weighted by Gasteiger charge is -2.20. The van der Waals surface area contributed by atoms with Crippen LogP contribution in [0.4, 0.5) is 0 Å². The number of aromatic nitrogens is 2. The molecule has 146 valence electrons. The standard InChI is InChI=1S/C22H32N4O/c1-3-4-5-9-19(18-27-2)16-26-21-11-7-6-10-20(21)24-22(26)17-25-14-8-12-23-13-15-25/h4-7,9-11,23H,3,8,12-18H2,1-2H3/b5-4-,19-9-. The normalized spacial score (nSPS) is 17.0. The maximum absolute atomic E-state index is 5.45. The van der Waals surface area contributed by atoms with E-state index in [2.05, 4.69) is 64.2 Å². The van der Waals surface area contributed by atoms with E-state index in [0.29, 0.717) is 6.61 Å². The highest BCUT2D eigenvalue weighted by Crippen LogP contribution is 2.19. The average molecular weight is 369 g/mol. The highest BCUT2D eigenvalue weighted by atomic mass is 16.5. The number of ether oxygens (including phenoxy) is 1. The molecule has 5 nitrogen and oxygen atoms in total. The lowest BCUT2D eigenvalue weighted by molar-refractivity contribution is 0.221. The van der Waals surface area contributed by atoms with E-state index in [0.717, 1.165) is 57.0 Å². The minimum absolute atomic E-state index is 0.633. The number of rotatable bonds is 8. The molecular weight excluding hydrogens is 336 g/mol. The summed E-state index contributed by atoms with van der Waals surface area (Å²) < 4.78 is 7.81. The predicted octanol–water partition coefficient (Wildman–Crippen LogP) is 3.37. The summed E-state index contributed by atoms with van der Waals surface area (Å²) in [5, 5.41) is 3.48. The molecule has 0 amide bonds. The van der Waals surface area contributed by atoms with E-state index in [4.69, 9.17) is 9.72 Å². The van der Waals surface area contributed by atoms with Crippen molar-refractivity contribution in [3.63, 3.8) is 0 Å². The quantitative estimate of drug-likeness (QED) is 0.726. The third kappa shape index (κ3) is 5.51. The maximum Gasteiger partial charge on any atom is 0.124 e. The predicted molar refractivity (Wildman–Crippen MR) is 112 cm³/mol. The lowest BCUT2D eigenvalue weighted by Crippen LogP contribution is -2.29. The molecule has 0 bridgehead atoms. The van der Waals surface area contributed by atoms with Gasteiger partial charge in [-0.25, -0.2) is 4.98 Å². The Morgan fingerprint density at radius 2 is 2.15 bits per heavy atom. The minimum Gasteiger partial charge on any atom is -0.380 e. The molecule has 1 aliphatic rings. The van der Waals surface area contributed by atoms with Gasteiger partial charge in [-0.15, -0.1) is 0 Å². The van der Waals surface area contributed by atoms with E-state index >= 15 is 0 Å².